The van der Waals surface area contributed by atoms with Crippen LogP contribution in [0.15, 0.2) is 42.2 Å². The number of fused-ring (bicyclic) bond motifs is 3. The van der Waals surface area contributed by atoms with Gasteiger partial charge in [-0.1, -0.05) is 24.3 Å². The van der Waals surface area contributed by atoms with Crippen molar-refractivity contribution >= 4 is 17.1 Å². The van der Waals surface area contributed by atoms with Crippen molar-refractivity contribution < 1.29 is 14.3 Å². The van der Waals surface area contributed by atoms with Crippen molar-refractivity contribution in [2.45, 2.75) is 0 Å². The van der Waals surface area contributed by atoms with Crippen LogP contribution in [-0.2, 0) is 9.53 Å². The maximum absolute atomic E-state index is 11.8. The van der Waals surface area contributed by atoms with Crippen LogP contribution in [0, 0.1) is 0 Å². The number of ketones is 2. The van der Waals surface area contributed by atoms with Crippen molar-refractivity contribution in [1.29, 1.82) is 0 Å². The molecule has 2 aliphatic rings. The predicted octanol–water partition coefficient (Wildman–Crippen LogP) is 1.75. The molecule has 0 saturated carbocycles. The SMILES string of the molecule is O=C1C=C2C(=CC(=O)c3ccccc32)OC1. The van der Waals surface area contributed by atoms with E-state index < -0.39 is 0 Å². The van der Waals surface area contributed by atoms with Gasteiger partial charge >= 0.3 is 0 Å². The summed E-state index contributed by atoms with van der Waals surface area (Å²) in [5.74, 6) is 0.358. The topological polar surface area (TPSA) is 43.4 Å². The Labute approximate surface area is 92.0 Å². The first-order valence-electron chi connectivity index (χ1n) is 4.99. The zero-order valence-electron chi connectivity index (χ0n) is 8.40. The van der Waals surface area contributed by atoms with Gasteiger partial charge in [-0.2, -0.15) is 0 Å². The minimum Gasteiger partial charge on any atom is -0.485 e. The summed E-state index contributed by atoms with van der Waals surface area (Å²) in [6.07, 6.45) is 2.99. The van der Waals surface area contributed by atoms with Gasteiger partial charge in [-0.25, -0.2) is 0 Å². The molecule has 16 heavy (non-hydrogen) atoms. The highest BCUT2D eigenvalue weighted by atomic mass is 16.5. The van der Waals surface area contributed by atoms with E-state index in [0.29, 0.717) is 16.9 Å². The molecule has 0 radical (unpaired) electrons. The van der Waals surface area contributed by atoms with Gasteiger partial charge in [0.15, 0.2) is 18.2 Å². The molecular formula is C13H8O3. The summed E-state index contributed by atoms with van der Waals surface area (Å²) in [5, 5.41) is 0. The Bertz CT molecular complexity index is 564. The van der Waals surface area contributed by atoms with Gasteiger partial charge in [0.25, 0.3) is 0 Å². The second-order valence-electron chi connectivity index (χ2n) is 3.73. The highest BCUT2D eigenvalue weighted by Gasteiger charge is 2.26. The highest BCUT2D eigenvalue weighted by Crippen LogP contribution is 2.33. The Morgan fingerprint density at radius 2 is 1.75 bits per heavy atom. The van der Waals surface area contributed by atoms with Gasteiger partial charge in [0.1, 0.15) is 5.76 Å². The fraction of sp³-hybridized carbons (Fsp3) is 0.0769. The first-order valence-corrected chi connectivity index (χ1v) is 4.99. The van der Waals surface area contributed by atoms with Crippen molar-refractivity contribution in [3.63, 3.8) is 0 Å². The number of benzene rings is 1. The van der Waals surface area contributed by atoms with Crippen molar-refractivity contribution in [2.24, 2.45) is 0 Å². The summed E-state index contributed by atoms with van der Waals surface area (Å²) in [6.45, 7) is 0.0186. The van der Waals surface area contributed by atoms with E-state index in [0.717, 1.165) is 5.56 Å². The smallest absolute Gasteiger partial charge is 0.193 e. The van der Waals surface area contributed by atoms with Crippen LogP contribution in [0.3, 0.4) is 0 Å². The predicted molar refractivity (Wildman–Crippen MR) is 57.8 cm³/mol. The van der Waals surface area contributed by atoms with E-state index in [1.807, 2.05) is 18.2 Å². The van der Waals surface area contributed by atoms with Crippen molar-refractivity contribution in [3.05, 3.63) is 53.3 Å². The number of hydrogen-bond acceptors (Lipinski definition) is 3. The fourth-order valence-electron chi connectivity index (χ4n) is 1.96. The van der Waals surface area contributed by atoms with Gasteiger partial charge in [0.2, 0.25) is 0 Å². The standard InChI is InChI=1S/C13H8O3/c14-8-5-11-9-3-1-2-4-10(9)12(15)6-13(11)16-7-8/h1-6H,7H2. The molecule has 1 aromatic carbocycles. The molecule has 1 heterocycles. The molecule has 0 aromatic heterocycles. The van der Waals surface area contributed by atoms with Crippen LogP contribution in [0.1, 0.15) is 15.9 Å². The number of hydrogen-bond donors (Lipinski definition) is 0. The molecule has 0 spiro atoms. The second-order valence-corrected chi connectivity index (χ2v) is 3.73. The molecule has 0 N–H and O–H groups in total. The third-order valence-corrected chi connectivity index (χ3v) is 2.69. The molecule has 1 aliphatic carbocycles. The Morgan fingerprint density at radius 3 is 2.56 bits per heavy atom. The number of ether oxygens (including phenoxy) is 1. The van der Waals surface area contributed by atoms with Crippen LogP contribution in [0.25, 0.3) is 5.57 Å². The number of carbonyl (C=O) groups excluding carboxylic acids is 2. The molecule has 3 rings (SSSR count). The number of carbonyl (C=O) groups is 2. The van der Waals surface area contributed by atoms with E-state index >= 15 is 0 Å². The number of allylic oxidation sites excluding steroid dienone is 2. The molecule has 3 heteroatoms. The summed E-state index contributed by atoms with van der Waals surface area (Å²) < 4.78 is 5.24. The molecule has 0 amide bonds. The first kappa shape index (κ1) is 9.09. The van der Waals surface area contributed by atoms with Gasteiger partial charge in [-0.05, 0) is 11.6 Å². The van der Waals surface area contributed by atoms with Gasteiger partial charge in [0.05, 0.1) is 0 Å². The van der Waals surface area contributed by atoms with E-state index in [1.54, 1.807) is 12.1 Å². The molecule has 0 saturated heterocycles. The lowest BCUT2D eigenvalue weighted by atomic mass is 9.89. The zero-order valence-corrected chi connectivity index (χ0v) is 8.40. The zero-order chi connectivity index (χ0) is 11.1. The van der Waals surface area contributed by atoms with Crippen LogP contribution < -0.4 is 0 Å². The molecule has 1 aromatic rings. The van der Waals surface area contributed by atoms with Crippen molar-refractivity contribution in [2.75, 3.05) is 6.61 Å². The minimum atomic E-state index is -0.0729. The largest absolute Gasteiger partial charge is 0.485 e. The van der Waals surface area contributed by atoms with Gasteiger partial charge in [0, 0.05) is 17.2 Å². The van der Waals surface area contributed by atoms with Gasteiger partial charge in [-0.15, -0.1) is 0 Å². The average Bonchev–Trinajstić information content (AvgIpc) is 2.31. The van der Waals surface area contributed by atoms with E-state index in [-0.39, 0.29) is 18.2 Å². The lowest BCUT2D eigenvalue weighted by Crippen LogP contribution is -2.19. The summed E-state index contributed by atoms with van der Waals surface area (Å²) in [4.78, 5) is 23.0. The van der Waals surface area contributed by atoms with E-state index in [1.165, 1.54) is 6.08 Å². The van der Waals surface area contributed by atoms with E-state index in [9.17, 15) is 9.59 Å². The Balaban J connectivity index is 2.27. The van der Waals surface area contributed by atoms with E-state index in [2.05, 4.69) is 0 Å². The van der Waals surface area contributed by atoms with Crippen LogP contribution in [-0.4, -0.2) is 18.2 Å². The monoisotopic (exact) mass is 212 g/mol. The molecule has 0 unspecified atom stereocenters. The Kier molecular flexibility index (Phi) is 1.80. The molecule has 78 valence electrons. The van der Waals surface area contributed by atoms with Crippen LogP contribution in [0.5, 0.6) is 0 Å². The summed E-state index contributed by atoms with van der Waals surface area (Å²) >= 11 is 0. The normalized spacial score (nSPS) is 18.0. The summed E-state index contributed by atoms with van der Waals surface area (Å²) in [5.41, 5.74) is 2.11. The van der Waals surface area contributed by atoms with Crippen LogP contribution in [0.4, 0.5) is 0 Å². The molecule has 1 aliphatic heterocycles. The second kappa shape index (κ2) is 3.17. The maximum Gasteiger partial charge on any atom is 0.193 e. The van der Waals surface area contributed by atoms with Crippen molar-refractivity contribution in [1.82, 2.24) is 0 Å². The van der Waals surface area contributed by atoms with Gasteiger partial charge in [-0.3, -0.25) is 9.59 Å². The third kappa shape index (κ3) is 1.21. The minimum absolute atomic E-state index is 0.0186. The van der Waals surface area contributed by atoms with Gasteiger partial charge < -0.3 is 4.74 Å². The molecule has 0 atom stereocenters. The first-order chi connectivity index (χ1) is 7.75. The Morgan fingerprint density at radius 1 is 1.00 bits per heavy atom. The van der Waals surface area contributed by atoms with Crippen molar-refractivity contribution in [3.8, 4) is 0 Å². The van der Waals surface area contributed by atoms with E-state index in [4.69, 9.17) is 4.74 Å². The lowest BCUT2D eigenvalue weighted by Gasteiger charge is -2.22. The number of rotatable bonds is 0. The third-order valence-electron chi connectivity index (χ3n) is 2.69. The molecule has 0 bridgehead atoms. The van der Waals surface area contributed by atoms with Crippen LogP contribution in [0.2, 0.25) is 0 Å². The molecule has 0 fully saturated rings. The Hall–Kier alpha value is -2.16. The highest BCUT2D eigenvalue weighted by molar-refractivity contribution is 6.16. The fourth-order valence-corrected chi connectivity index (χ4v) is 1.96. The maximum atomic E-state index is 11.8. The summed E-state index contributed by atoms with van der Waals surface area (Å²) in [6, 6.07) is 7.23. The average molecular weight is 212 g/mol. The molecular weight excluding hydrogens is 204 g/mol. The molecule has 3 nitrogen and oxygen atoms in total. The quantitative estimate of drug-likeness (QED) is 0.658. The lowest BCUT2D eigenvalue weighted by molar-refractivity contribution is -0.118. The van der Waals surface area contributed by atoms with Crippen LogP contribution >= 0.6 is 0 Å². The summed E-state index contributed by atoms with van der Waals surface area (Å²) in [7, 11) is 0.